The molecule has 7 heteroatoms. The minimum atomic E-state index is -0.154. The summed E-state index contributed by atoms with van der Waals surface area (Å²) in [6, 6.07) is 7.15. The zero-order valence-corrected chi connectivity index (χ0v) is 16.5. The first kappa shape index (κ1) is 19.2. The average Bonchev–Trinajstić information content (AvgIpc) is 3.22. The van der Waals surface area contributed by atoms with Gasteiger partial charge in [0.1, 0.15) is 12.4 Å². The van der Waals surface area contributed by atoms with Crippen LogP contribution in [0.2, 0.25) is 0 Å². The number of aromatic nitrogens is 3. The number of hydrogen-bond acceptors (Lipinski definition) is 6. The van der Waals surface area contributed by atoms with Crippen molar-refractivity contribution in [3.63, 3.8) is 0 Å². The molecule has 1 saturated heterocycles. The molecule has 1 aliphatic heterocycles. The van der Waals surface area contributed by atoms with Gasteiger partial charge in [0.25, 0.3) is 0 Å². The molecule has 0 spiro atoms. The summed E-state index contributed by atoms with van der Waals surface area (Å²) < 4.78 is 6.16. The van der Waals surface area contributed by atoms with Crippen molar-refractivity contribution >= 4 is 5.95 Å². The Balaban J connectivity index is 1.31. The van der Waals surface area contributed by atoms with Crippen molar-refractivity contribution in [2.75, 3.05) is 31.6 Å². The number of ether oxygens (including phenoxy) is 1. The third-order valence-corrected chi connectivity index (χ3v) is 5.81. The highest BCUT2D eigenvalue weighted by molar-refractivity contribution is 5.43. The zero-order chi connectivity index (χ0) is 19.2. The van der Waals surface area contributed by atoms with Crippen molar-refractivity contribution in [1.29, 1.82) is 0 Å². The van der Waals surface area contributed by atoms with Crippen LogP contribution in [-0.4, -0.2) is 51.4 Å². The van der Waals surface area contributed by atoms with Gasteiger partial charge in [-0.25, -0.2) is 5.10 Å². The SMILES string of the molecule is OCc1n[nH]c(NCCCOc2cccc3c2CCCC3N2CCCCC2)n1. The Kier molecular flexibility index (Phi) is 6.44. The predicted octanol–water partition coefficient (Wildman–Crippen LogP) is 3.04. The van der Waals surface area contributed by atoms with Crippen molar-refractivity contribution in [3.05, 3.63) is 35.2 Å². The minimum absolute atomic E-state index is 0.154. The van der Waals surface area contributed by atoms with E-state index >= 15 is 0 Å². The summed E-state index contributed by atoms with van der Waals surface area (Å²) in [5.41, 5.74) is 2.90. The normalized spacial score (nSPS) is 20.0. The molecule has 1 atom stereocenters. The van der Waals surface area contributed by atoms with Crippen LogP contribution < -0.4 is 10.1 Å². The van der Waals surface area contributed by atoms with Crippen LogP contribution in [0.15, 0.2) is 18.2 Å². The maximum absolute atomic E-state index is 8.99. The maximum Gasteiger partial charge on any atom is 0.218 e. The number of anilines is 1. The first-order valence-electron chi connectivity index (χ1n) is 10.6. The van der Waals surface area contributed by atoms with E-state index in [1.54, 1.807) is 0 Å². The number of aliphatic hydroxyl groups excluding tert-OH is 1. The molecule has 1 aromatic carbocycles. The molecule has 1 aliphatic carbocycles. The maximum atomic E-state index is 8.99. The van der Waals surface area contributed by atoms with Crippen LogP contribution in [0.5, 0.6) is 5.75 Å². The zero-order valence-electron chi connectivity index (χ0n) is 16.5. The molecule has 4 rings (SSSR count). The Bertz CT molecular complexity index is 757. The van der Waals surface area contributed by atoms with E-state index < -0.39 is 0 Å². The summed E-state index contributed by atoms with van der Waals surface area (Å²) in [5, 5.41) is 18.8. The van der Waals surface area contributed by atoms with Crippen molar-refractivity contribution < 1.29 is 9.84 Å². The van der Waals surface area contributed by atoms with Gasteiger partial charge in [-0.15, -0.1) is 0 Å². The first-order chi connectivity index (χ1) is 13.8. The van der Waals surface area contributed by atoms with E-state index in [1.165, 1.54) is 56.3 Å². The standard InChI is InChI=1S/C21H31N5O2/c27-15-20-23-21(25-24-20)22-11-6-14-28-19-10-5-7-16-17(19)8-4-9-18(16)26-12-2-1-3-13-26/h5,7,10,18,27H,1-4,6,8-9,11-15H2,(H2,22,23,24,25). The Morgan fingerprint density at radius 3 is 2.93 bits per heavy atom. The molecule has 2 aliphatic rings. The summed E-state index contributed by atoms with van der Waals surface area (Å²) in [5.74, 6) is 2.05. The fraction of sp³-hybridized carbons (Fsp3) is 0.619. The van der Waals surface area contributed by atoms with Crippen molar-refractivity contribution in [2.45, 2.75) is 57.6 Å². The van der Waals surface area contributed by atoms with Gasteiger partial charge in [-0.05, 0) is 68.8 Å². The van der Waals surface area contributed by atoms with E-state index in [1.807, 2.05) is 0 Å². The van der Waals surface area contributed by atoms with Crippen molar-refractivity contribution in [2.24, 2.45) is 0 Å². The number of nitrogens with zero attached hydrogens (tertiary/aromatic N) is 3. The number of benzene rings is 1. The van der Waals surface area contributed by atoms with Crippen LogP contribution in [0, 0.1) is 0 Å². The third kappa shape index (κ3) is 4.47. The number of rotatable bonds is 8. The molecule has 0 amide bonds. The van der Waals surface area contributed by atoms with Crippen LogP contribution in [0.25, 0.3) is 0 Å². The number of aromatic amines is 1. The molecular formula is C21H31N5O2. The van der Waals surface area contributed by atoms with Crippen LogP contribution in [0.4, 0.5) is 5.95 Å². The lowest BCUT2D eigenvalue weighted by atomic mass is 9.85. The second-order valence-electron chi connectivity index (χ2n) is 7.72. The summed E-state index contributed by atoms with van der Waals surface area (Å²) in [7, 11) is 0. The van der Waals surface area contributed by atoms with Gasteiger partial charge in [0, 0.05) is 12.6 Å². The topological polar surface area (TPSA) is 86.3 Å². The van der Waals surface area contributed by atoms with Gasteiger partial charge in [-0.2, -0.15) is 10.1 Å². The summed E-state index contributed by atoms with van der Waals surface area (Å²) in [6.45, 7) is 3.73. The van der Waals surface area contributed by atoms with Gasteiger partial charge in [-0.1, -0.05) is 18.6 Å². The first-order valence-corrected chi connectivity index (χ1v) is 10.6. The van der Waals surface area contributed by atoms with E-state index in [2.05, 4.69) is 43.6 Å². The quantitative estimate of drug-likeness (QED) is 0.606. The number of hydrogen-bond donors (Lipinski definition) is 3. The molecular weight excluding hydrogens is 354 g/mol. The van der Waals surface area contributed by atoms with Gasteiger partial charge in [0.15, 0.2) is 5.82 Å². The average molecular weight is 386 g/mol. The van der Waals surface area contributed by atoms with Crippen LogP contribution in [0.3, 0.4) is 0 Å². The van der Waals surface area contributed by atoms with Crippen LogP contribution in [-0.2, 0) is 13.0 Å². The van der Waals surface area contributed by atoms with Gasteiger partial charge in [0.2, 0.25) is 5.95 Å². The van der Waals surface area contributed by atoms with Crippen LogP contribution >= 0.6 is 0 Å². The number of H-pyrrole nitrogens is 1. The molecule has 2 aromatic rings. The van der Waals surface area contributed by atoms with E-state index in [0.29, 0.717) is 24.4 Å². The lowest BCUT2D eigenvalue weighted by Gasteiger charge is -2.38. The molecule has 0 radical (unpaired) electrons. The fourth-order valence-corrected chi connectivity index (χ4v) is 4.44. The molecule has 1 aromatic heterocycles. The Labute approximate surface area is 166 Å². The Hall–Kier alpha value is -2.12. The van der Waals surface area contributed by atoms with E-state index in [-0.39, 0.29) is 6.61 Å². The summed E-state index contributed by atoms with van der Waals surface area (Å²) >= 11 is 0. The lowest BCUT2D eigenvalue weighted by molar-refractivity contribution is 0.147. The van der Waals surface area contributed by atoms with E-state index in [0.717, 1.165) is 25.1 Å². The number of nitrogens with one attached hydrogen (secondary N) is 2. The molecule has 0 bridgehead atoms. The number of likely N-dealkylation sites (tertiary alicyclic amines) is 1. The second-order valence-corrected chi connectivity index (χ2v) is 7.72. The third-order valence-electron chi connectivity index (χ3n) is 5.81. The highest BCUT2D eigenvalue weighted by Crippen LogP contribution is 2.39. The second kappa shape index (κ2) is 9.39. The minimum Gasteiger partial charge on any atom is -0.493 e. The molecule has 3 N–H and O–H groups in total. The van der Waals surface area contributed by atoms with Crippen LogP contribution in [0.1, 0.15) is 61.5 Å². The molecule has 7 nitrogen and oxygen atoms in total. The predicted molar refractivity (Wildman–Crippen MR) is 108 cm³/mol. The number of aliphatic hydroxyl groups is 1. The molecule has 0 saturated carbocycles. The molecule has 2 heterocycles. The van der Waals surface area contributed by atoms with E-state index in [9.17, 15) is 0 Å². The van der Waals surface area contributed by atoms with E-state index in [4.69, 9.17) is 9.84 Å². The van der Waals surface area contributed by atoms with Gasteiger partial charge >= 0.3 is 0 Å². The van der Waals surface area contributed by atoms with Gasteiger partial charge < -0.3 is 15.2 Å². The highest BCUT2D eigenvalue weighted by atomic mass is 16.5. The lowest BCUT2D eigenvalue weighted by Crippen LogP contribution is -2.35. The highest BCUT2D eigenvalue weighted by Gasteiger charge is 2.28. The Morgan fingerprint density at radius 1 is 1.21 bits per heavy atom. The largest absolute Gasteiger partial charge is 0.493 e. The number of fused-ring (bicyclic) bond motifs is 1. The Morgan fingerprint density at radius 2 is 2.11 bits per heavy atom. The fourth-order valence-electron chi connectivity index (χ4n) is 4.44. The molecule has 1 fully saturated rings. The number of piperidine rings is 1. The van der Waals surface area contributed by atoms with Gasteiger partial charge in [0.05, 0.1) is 6.61 Å². The summed E-state index contributed by atoms with van der Waals surface area (Å²) in [4.78, 5) is 6.81. The van der Waals surface area contributed by atoms with Gasteiger partial charge in [-0.3, -0.25) is 4.90 Å². The summed E-state index contributed by atoms with van der Waals surface area (Å²) in [6.07, 6.45) is 8.55. The molecule has 152 valence electrons. The smallest absolute Gasteiger partial charge is 0.218 e. The van der Waals surface area contributed by atoms with Crippen molar-refractivity contribution in [3.8, 4) is 5.75 Å². The molecule has 1 unspecified atom stereocenters. The molecule has 28 heavy (non-hydrogen) atoms. The monoisotopic (exact) mass is 385 g/mol. The van der Waals surface area contributed by atoms with Crippen molar-refractivity contribution in [1.82, 2.24) is 20.1 Å².